The Hall–Kier alpha value is 2.05. The van der Waals surface area contributed by atoms with Gasteiger partial charge < -0.3 is 4.52 Å². The summed E-state index contributed by atoms with van der Waals surface area (Å²) in [7, 11) is 0. The molecule has 0 radical (unpaired) electrons. The van der Waals surface area contributed by atoms with E-state index in [1.165, 1.54) is 0 Å². The Bertz CT molecular complexity index is 70.8. The van der Waals surface area contributed by atoms with Gasteiger partial charge in [-0.1, -0.05) is 0 Å². The number of thiol groups is 2. The highest BCUT2D eigenvalue weighted by Crippen LogP contribution is 2.54. The van der Waals surface area contributed by atoms with Gasteiger partial charge in [0.1, 0.15) is 0 Å². The summed E-state index contributed by atoms with van der Waals surface area (Å²) in [5.41, 5.74) is -0.624. The van der Waals surface area contributed by atoms with Gasteiger partial charge in [0.2, 0.25) is 0 Å². The van der Waals surface area contributed by atoms with Gasteiger partial charge in [-0.15, -0.1) is 0 Å². The average molecular weight is 314 g/mol. The lowest BCUT2D eigenvalue weighted by molar-refractivity contribution is 0.295. The quantitative estimate of drug-likeness (QED) is 0.598. The van der Waals surface area contributed by atoms with Crippen LogP contribution in [0, 0.1) is 0 Å². The molecule has 56 valence electrons. The van der Waals surface area contributed by atoms with E-state index in [2.05, 4.69) is 56.2 Å². The van der Waals surface area contributed by atoms with Gasteiger partial charge in [-0.05, 0) is 31.0 Å². The van der Waals surface area contributed by atoms with E-state index in [9.17, 15) is 0 Å². The minimum absolute atomic E-state index is 0.140. The van der Waals surface area contributed by atoms with Gasteiger partial charge in [-0.2, -0.15) is 25.3 Å². The summed E-state index contributed by atoms with van der Waals surface area (Å²) in [4.78, 5) is 0. The van der Waals surface area contributed by atoms with Gasteiger partial charge in [0.25, 0.3) is 0 Å². The Balaban J connectivity index is 3.31. The van der Waals surface area contributed by atoms with Gasteiger partial charge in [0.15, 0.2) is 5.55 Å². The van der Waals surface area contributed by atoms with Crippen LogP contribution in [0.3, 0.4) is 0 Å². The Morgan fingerprint density at radius 1 is 1.33 bits per heavy atom. The molecule has 0 spiro atoms. The predicted molar refractivity (Wildman–Crippen MR) is 57.4 cm³/mol. The molecule has 0 bridgehead atoms. The van der Waals surface area contributed by atoms with Crippen molar-refractivity contribution < 1.29 is 4.52 Å². The van der Waals surface area contributed by atoms with Gasteiger partial charge >= 0.3 is 0 Å². The molecular weight excluding hydrogens is 307 g/mol. The van der Waals surface area contributed by atoms with Gasteiger partial charge in [0.05, 0.1) is 6.10 Å². The smallest absolute Gasteiger partial charge is 0.171 e. The van der Waals surface area contributed by atoms with Crippen LogP contribution in [-0.4, -0.2) is 17.6 Å². The number of halogens is 2. The second-order valence-electron chi connectivity index (χ2n) is 1.29. The summed E-state index contributed by atoms with van der Waals surface area (Å²) in [5, 5.41) is 0. The third kappa shape index (κ3) is 6.45. The van der Waals surface area contributed by atoms with E-state index in [1.807, 2.05) is 0 Å². The Kier molecular flexibility index (Phi) is 8.28. The third-order valence-corrected chi connectivity index (χ3v) is 2.91. The first kappa shape index (κ1) is 11.1. The van der Waals surface area contributed by atoms with E-state index in [-0.39, 0.29) is 6.10 Å². The van der Waals surface area contributed by atoms with Gasteiger partial charge in [0, 0.05) is 11.5 Å². The van der Waals surface area contributed by atoms with E-state index < -0.39 is 5.55 Å². The highest BCUT2D eigenvalue weighted by molar-refractivity contribution is 9.68. The summed E-state index contributed by atoms with van der Waals surface area (Å²) in [6.45, 7) is 0. The van der Waals surface area contributed by atoms with Crippen LogP contribution < -0.4 is 0 Å². The first-order valence-electron chi connectivity index (χ1n) is 2.21. The van der Waals surface area contributed by atoms with E-state index in [0.717, 1.165) is 0 Å². The lowest BCUT2D eigenvalue weighted by atomic mass is 10.5. The van der Waals surface area contributed by atoms with Crippen LogP contribution in [0.5, 0.6) is 0 Å². The van der Waals surface area contributed by atoms with Crippen LogP contribution in [0.4, 0.5) is 0 Å². The molecule has 0 heterocycles. The maximum atomic E-state index is 5.29. The maximum Gasteiger partial charge on any atom is 0.171 e. The zero-order valence-electron chi connectivity index (χ0n) is 4.50. The molecule has 0 saturated heterocycles. The van der Waals surface area contributed by atoms with Crippen molar-refractivity contribution in [1.29, 1.82) is 0 Å². The molecular formula is C3H7Br2OPS2. The van der Waals surface area contributed by atoms with Crippen LogP contribution in [0.15, 0.2) is 0 Å². The van der Waals surface area contributed by atoms with Crippen molar-refractivity contribution in [1.82, 2.24) is 0 Å². The largest absolute Gasteiger partial charge is 0.333 e. The minimum Gasteiger partial charge on any atom is -0.333 e. The monoisotopic (exact) mass is 312 g/mol. The van der Waals surface area contributed by atoms with Gasteiger partial charge in [-0.25, -0.2) is 0 Å². The van der Waals surface area contributed by atoms with Crippen molar-refractivity contribution >= 4 is 61.8 Å². The molecule has 0 rings (SSSR count). The van der Waals surface area contributed by atoms with Crippen molar-refractivity contribution in [3.63, 3.8) is 0 Å². The molecule has 6 heteroatoms. The maximum absolute atomic E-state index is 5.29. The normalized spacial score (nSPS) is 11.3. The Morgan fingerprint density at radius 2 is 1.78 bits per heavy atom. The minimum atomic E-state index is -0.624. The molecule has 0 aliphatic carbocycles. The van der Waals surface area contributed by atoms with E-state index >= 15 is 0 Å². The van der Waals surface area contributed by atoms with Crippen molar-refractivity contribution in [2.45, 2.75) is 6.10 Å². The van der Waals surface area contributed by atoms with Crippen molar-refractivity contribution in [2.75, 3.05) is 11.5 Å². The van der Waals surface area contributed by atoms with Crippen LogP contribution in [-0.2, 0) is 4.52 Å². The Morgan fingerprint density at radius 3 is 1.89 bits per heavy atom. The molecule has 1 nitrogen and oxygen atoms in total. The summed E-state index contributed by atoms with van der Waals surface area (Å²) in [6.07, 6.45) is 0.140. The van der Waals surface area contributed by atoms with Crippen LogP contribution in [0.25, 0.3) is 0 Å². The highest BCUT2D eigenvalue weighted by Gasteiger charge is 2.08. The molecule has 0 amide bonds. The van der Waals surface area contributed by atoms with E-state index in [1.54, 1.807) is 0 Å². The van der Waals surface area contributed by atoms with E-state index in [0.29, 0.717) is 11.5 Å². The van der Waals surface area contributed by atoms with Crippen LogP contribution >= 0.6 is 61.8 Å². The summed E-state index contributed by atoms with van der Waals surface area (Å²) in [5.74, 6) is 1.42. The molecule has 0 aromatic heterocycles. The summed E-state index contributed by atoms with van der Waals surface area (Å²) >= 11 is 14.6. The fourth-order valence-corrected chi connectivity index (χ4v) is 2.88. The second-order valence-corrected chi connectivity index (χ2v) is 9.36. The second kappa shape index (κ2) is 6.74. The lowest BCUT2D eigenvalue weighted by Gasteiger charge is -2.12. The first-order chi connectivity index (χ1) is 4.20. The fourth-order valence-electron chi connectivity index (χ4n) is 0.237. The summed E-state index contributed by atoms with van der Waals surface area (Å²) < 4.78 is 5.29. The number of hydrogen-bond acceptors (Lipinski definition) is 3. The molecule has 0 N–H and O–H groups in total. The third-order valence-electron chi connectivity index (χ3n) is 0.636. The SMILES string of the molecule is SCC(CS)OP(Br)Br. The first-order valence-corrected chi connectivity index (χ1v) is 8.77. The topological polar surface area (TPSA) is 9.23 Å². The molecule has 0 aliphatic rings. The summed E-state index contributed by atoms with van der Waals surface area (Å²) in [6, 6.07) is 0. The number of hydrogen-bond donors (Lipinski definition) is 2. The average Bonchev–Trinajstić information content (AvgIpc) is 1.82. The zero-order chi connectivity index (χ0) is 7.28. The Labute approximate surface area is 83.4 Å². The molecule has 0 aromatic carbocycles. The molecule has 0 atom stereocenters. The van der Waals surface area contributed by atoms with E-state index in [4.69, 9.17) is 4.52 Å². The molecule has 0 aromatic rings. The molecule has 0 fully saturated rings. The highest BCUT2D eigenvalue weighted by atomic mass is 79.9. The van der Waals surface area contributed by atoms with Gasteiger partial charge in [-0.3, -0.25) is 0 Å². The molecule has 0 saturated carbocycles. The molecule has 0 aliphatic heterocycles. The molecule has 9 heavy (non-hydrogen) atoms. The fraction of sp³-hybridized carbons (Fsp3) is 1.00. The lowest BCUT2D eigenvalue weighted by Crippen LogP contribution is -2.11. The molecule has 0 unspecified atom stereocenters. The van der Waals surface area contributed by atoms with Crippen LogP contribution in [0.1, 0.15) is 0 Å². The van der Waals surface area contributed by atoms with Crippen molar-refractivity contribution in [2.24, 2.45) is 0 Å². The van der Waals surface area contributed by atoms with Crippen molar-refractivity contribution in [3.8, 4) is 0 Å². The number of rotatable bonds is 4. The standard InChI is InChI=1S/C3H7Br2OPS2/c4-7(5)6-3(1-8)2-9/h3,8-9H,1-2H2. The predicted octanol–water partition coefficient (Wildman–Crippen LogP) is 3.25. The van der Waals surface area contributed by atoms with Crippen LogP contribution in [0.2, 0.25) is 0 Å². The zero-order valence-corrected chi connectivity index (χ0v) is 10.4. The van der Waals surface area contributed by atoms with Crippen molar-refractivity contribution in [3.05, 3.63) is 0 Å².